The second-order valence-corrected chi connectivity index (χ2v) is 7.20. The number of aromatic nitrogens is 1. The van der Waals surface area contributed by atoms with Crippen LogP contribution >= 0.6 is 0 Å². The summed E-state index contributed by atoms with van der Waals surface area (Å²) in [5, 5.41) is 3.51. The third-order valence-corrected chi connectivity index (χ3v) is 5.30. The summed E-state index contributed by atoms with van der Waals surface area (Å²) in [6.45, 7) is 4.68. The van der Waals surface area contributed by atoms with Crippen molar-refractivity contribution < 1.29 is 9.21 Å². The lowest BCUT2D eigenvalue weighted by Gasteiger charge is -2.32. The van der Waals surface area contributed by atoms with Crippen LogP contribution in [0.1, 0.15) is 41.8 Å². The Balaban J connectivity index is 1.30. The molecular formula is C20H26N4O2. The number of hydrogen-bond donors (Lipinski definition) is 1. The van der Waals surface area contributed by atoms with Gasteiger partial charge >= 0.3 is 0 Å². The van der Waals surface area contributed by atoms with Crippen LogP contribution < -0.4 is 5.32 Å². The molecule has 0 unspecified atom stereocenters. The number of pyridine rings is 1. The number of carbonyl (C=O) groups is 1. The van der Waals surface area contributed by atoms with E-state index in [1.807, 2.05) is 29.2 Å². The van der Waals surface area contributed by atoms with Gasteiger partial charge in [0.05, 0.1) is 12.8 Å². The summed E-state index contributed by atoms with van der Waals surface area (Å²) in [5.74, 6) is 1.95. The Morgan fingerprint density at radius 3 is 2.73 bits per heavy atom. The van der Waals surface area contributed by atoms with Crippen LogP contribution in [0.3, 0.4) is 0 Å². The number of nitrogens with zero attached hydrogens (tertiary/aromatic N) is 3. The molecule has 2 aromatic rings. The number of likely N-dealkylation sites (tertiary alicyclic amines) is 2. The molecular weight excluding hydrogens is 328 g/mol. The summed E-state index contributed by atoms with van der Waals surface area (Å²) in [4.78, 5) is 21.3. The van der Waals surface area contributed by atoms with Crippen molar-refractivity contribution in [3.63, 3.8) is 0 Å². The third-order valence-electron chi connectivity index (χ3n) is 5.30. The molecule has 2 saturated heterocycles. The number of nitrogens with one attached hydrogen (secondary N) is 1. The Hall–Kier alpha value is -2.34. The Bertz CT molecular complexity index is 717. The molecule has 0 spiro atoms. The first kappa shape index (κ1) is 17.1. The molecule has 2 aromatic heterocycles. The van der Waals surface area contributed by atoms with Crippen LogP contribution in [0.5, 0.6) is 0 Å². The minimum atomic E-state index is 0.126. The van der Waals surface area contributed by atoms with Gasteiger partial charge in [0, 0.05) is 44.0 Å². The van der Waals surface area contributed by atoms with Crippen molar-refractivity contribution >= 4 is 11.7 Å². The van der Waals surface area contributed by atoms with Crippen molar-refractivity contribution in [1.29, 1.82) is 0 Å². The van der Waals surface area contributed by atoms with Gasteiger partial charge in [-0.25, -0.2) is 4.98 Å². The van der Waals surface area contributed by atoms with E-state index in [1.54, 1.807) is 12.5 Å². The predicted molar refractivity (Wildman–Crippen MR) is 100 cm³/mol. The van der Waals surface area contributed by atoms with E-state index in [9.17, 15) is 4.79 Å². The largest absolute Gasteiger partial charge is 0.468 e. The summed E-state index contributed by atoms with van der Waals surface area (Å²) < 4.78 is 5.43. The minimum absolute atomic E-state index is 0.126. The van der Waals surface area contributed by atoms with Gasteiger partial charge in [0.25, 0.3) is 5.91 Å². The number of hydrogen-bond acceptors (Lipinski definition) is 5. The van der Waals surface area contributed by atoms with Crippen LogP contribution in [0.2, 0.25) is 0 Å². The van der Waals surface area contributed by atoms with Crippen molar-refractivity contribution in [2.45, 2.75) is 38.3 Å². The van der Waals surface area contributed by atoms with Gasteiger partial charge in [0.2, 0.25) is 0 Å². The lowest BCUT2D eigenvalue weighted by atomic mass is 10.0. The van der Waals surface area contributed by atoms with Gasteiger partial charge in [-0.1, -0.05) is 0 Å². The van der Waals surface area contributed by atoms with Crippen molar-refractivity contribution in [3.8, 4) is 0 Å². The summed E-state index contributed by atoms with van der Waals surface area (Å²) in [5.41, 5.74) is 0.736. The number of anilines is 1. The van der Waals surface area contributed by atoms with Crippen LogP contribution in [-0.4, -0.2) is 52.9 Å². The molecule has 2 aliphatic rings. The third kappa shape index (κ3) is 4.07. The molecule has 0 aliphatic carbocycles. The molecule has 1 N–H and O–H groups in total. The standard InChI is InChI=1S/C20H26N4O2/c25-20(24-9-1-2-10-24)16-5-8-21-19(14-16)22-17-6-11-23(12-7-17)15-18-4-3-13-26-18/h3-5,8,13-14,17H,1-2,6-7,9-12,15H2,(H,21,22). The highest BCUT2D eigenvalue weighted by Gasteiger charge is 2.22. The van der Waals surface area contributed by atoms with Crippen molar-refractivity contribution in [2.24, 2.45) is 0 Å². The number of furan rings is 1. The van der Waals surface area contributed by atoms with Gasteiger partial charge in [-0.2, -0.15) is 0 Å². The van der Waals surface area contributed by atoms with Crippen molar-refractivity contribution in [2.75, 3.05) is 31.5 Å². The highest BCUT2D eigenvalue weighted by Crippen LogP contribution is 2.19. The Labute approximate surface area is 154 Å². The van der Waals surface area contributed by atoms with Gasteiger partial charge in [0.15, 0.2) is 0 Å². The molecule has 4 rings (SSSR count). The van der Waals surface area contributed by atoms with Crippen LogP contribution in [0.15, 0.2) is 41.1 Å². The zero-order valence-electron chi connectivity index (χ0n) is 15.1. The van der Waals surface area contributed by atoms with Gasteiger partial charge in [0.1, 0.15) is 11.6 Å². The summed E-state index contributed by atoms with van der Waals surface area (Å²) >= 11 is 0. The van der Waals surface area contributed by atoms with E-state index in [1.165, 1.54) is 0 Å². The van der Waals surface area contributed by atoms with E-state index in [0.717, 1.165) is 75.5 Å². The second kappa shape index (κ2) is 7.91. The van der Waals surface area contributed by atoms with Crippen LogP contribution in [0.25, 0.3) is 0 Å². The number of amides is 1. The average molecular weight is 354 g/mol. The zero-order valence-corrected chi connectivity index (χ0v) is 15.1. The van der Waals surface area contributed by atoms with Crippen LogP contribution in [0.4, 0.5) is 5.82 Å². The van der Waals surface area contributed by atoms with E-state index in [2.05, 4.69) is 15.2 Å². The molecule has 0 saturated carbocycles. The first-order valence-electron chi connectivity index (χ1n) is 9.54. The molecule has 0 bridgehead atoms. The summed E-state index contributed by atoms with van der Waals surface area (Å²) in [6, 6.07) is 8.07. The fourth-order valence-corrected chi connectivity index (χ4v) is 3.81. The smallest absolute Gasteiger partial charge is 0.254 e. The normalized spacial score (nSPS) is 19.0. The first-order valence-corrected chi connectivity index (χ1v) is 9.54. The second-order valence-electron chi connectivity index (χ2n) is 7.20. The first-order chi connectivity index (χ1) is 12.8. The van der Waals surface area contributed by atoms with Gasteiger partial charge in [-0.3, -0.25) is 9.69 Å². The van der Waals surface area contributed by atoms with E-state index < -0.39 is 0 Å². The molecule has 0 radical (unpaired) electrons. The highest BCUT2D eigenvalue weighted by atomic mass is 16.3. The van der Waals surface area contributed by atoms with Gasteiger partial charge in [-0.05, 0) is 49.9 Å². The Morgan fingerprint density at radius 2 is 2.00 bits per heavy atom. The van der Waals surface area contributed by atoms with E-state index in [4.69, 9.17) is 4.42 Å². The summed E-state index contributed by atoms with van der Waals surface area (Å²) in [6.07, 6.45) is 7.81. The monoisotopic (exact) mass is 354 g/mol. The summed E-state index contributed by atoms with van der Waals surface area (Å²) in [7, 11) is 0. The molecule has 2 aliphatic heterocycles. The van der Waals surface area contributed by atoms with E-state index in [-0.39, 0.29) is 5.91 Å². The Kier molecular flexibility index (Phi) is 5.20. The maximum absolute atomic E-state index is 12.5. The lowest BCUT2D eigenvalue weighted by molar-refractivity contribution is 0.0792. The topological polar surface area (TPSA) is 61.6 Å². The van der Waals surface area contributed by atoms with Crippen molar-refractivity contribution in [1.82, 2.24) is 14.8 Å². The Morgan fingerprint density at radius 1 is 1.19 bits per heavy atom. The minimum Gasteiger partial charge on any atom is -0.468 e. The maximum Gasteiger partial charge on any atom is 0.254 e. The quantitative estimate of drug-likeness (QED) is 0.894. The molecule has 4 heterocycles. The molecule has 6 heteroatoms. The molecule has 0 atom stereocenters. The number of carbonyl (C=O) groups excluding carboxylic acids is 1. The fraction of sp³-hybridized carbons (Fsp3) is 0.500. The van der Waals surface area contributed by atoms with Crippen molar-refractivity contribution in [3.05, 3.63) is 48.0 Å². The number of rotatable bonds is 5. The molecule has 6 nitrogen and oxygen atoms in total. The molecule has 1 amide bonds. The van der Waals surface area contributed by atoms with E-state index >= 15 is 0 Å². The predicted octanol–water partition coefficient (Wildman–Crippen LogP) is 2.99. The van der Waals surface area contributed by atoms with Gasteiger partial charge in [-0.15, -0.1) is 0 Å². The van der Waals surface area contributed by atoms with Gasteiger partial charge < -0.3 is 14.6 Å². The molecule has 0 aromatic carbocycles. The average Bonchev–Trinajstić information content (AvgIpc) is 3.37. The van der Waals surface area contributed by atoms with E-state index in [0.29, 0.717) is 6.04 Å². The SMILES string of the molecule is O=C(c1ccnc(NC2CCN(Cc3ccco3)CC2)c1)N1CCCC1. The number of piperidine rings is 1. The molecule has 26 heavy (non-hydrogen) atoms. The lowest BCUT2D eigenvalue weighted by Crippen LogP contribution is -2.38. The van der Waals surface area contributed by atoms with Crippen LogP contribution in [-0.2, 0) is 6.54 Å². The molecule has 2 fully saturated rings. The van der Waals surface area contributed by atoms with Crippen LogP contribution in [0, 0.1) is 0 Å². The maximum atomic E-state index is 12.5. The fourth-order valence-electron chi connectivity index (χ4n) is 3.81. The zero-order chi connectivity index (χ0) is 17.8. The highest BCUT2D eigenvalue weighted by molar-refractivity contribution is 5.95. The molecule has 138 valence electrons.